The molecule has 12 aromatic rings. The summed E-state index contributed by atoms with van der Waals surface area (Å²) in [6, 6.07) is 103. The van der Waals surface area contributed by atoms with E-state index in [-0.39, 0.29) is 23.8 Å². The quantitative estimate of drug-likeness (QED) is 0.0792. The number of urea groups is 1. The molecule has 1 atom stereocenters. The van der Waals surface area contributed by atoms with Crippen molar-refractivity contribution in [1.82, 2.24) is 4.90 Å². The van der Waals surface area contributed by atoms with Crippen LogP contribution in [0.5, 0.6) is 0 Å². The van der Waals surface area contributed by atoms with Gasteiger partial charge in [-0.3, -0.25) is 23.6 Å². The van der Waals surface area contributed by atoms with Crippen molar-refractivity contribution in [3.8, 4) is 66.8 Å². The van der Waals surface area contributed by atoms with Gasteiger partial charge in [-0.2, -0.15) is 0 Å². The molecule has 6 aliphatic rings. The molecule has 18 rings (SSSR count). The summed E-state index contributed by atoms with van der Waals surface area (Å²) < 4.78 is 14.4. The van der Waals surface area contributed by atoms with Gasteiger partial charge in [-0.25, -0.2) is 9.00 Å². The molecule has 0 saturated carbocycles. The summed E-state index contributed by atoms with van der Waals surface area (Å²) in [5.74, 6) is 8.54. The molecule has 0 bridgehead atoms. The van der Waals surface area contributed by atoms with Gasteiger partial charge in [0.15, 0.2) is 0 Å². The predicted molar refractivity (Wildman–Crippen MR) is 544 cm³/mol. The van der Waals surface area contributed by atoms with Crippen molar-refractivity contribution >= 4 is 73.5 Å². The highest BCUT2D eigenvalue weighted by Gasteiger charge is 2.29. The van der Waals surface area contributed by atoms with Gasteiger partial charge in [0.1, 0.15) is 0 Å². The van der Waals surface area contributed by atoms with E-state index in [9.17, 15) is 23.4 Å². The van der Waals surface area contributed by atoms with Crippen LogP contribution < -0.4 is 28.8 Å². The van der Waals surface area contributed by atoms with E-state index >= 15 is 0 Å². The van der Waals surface area contributed by atoms with E-state index < -0.39 is 9.71 Å². The van der Waals surface area contributed by atoms with Crippen LogP contribution in [0.15, 0.2) is 303 Å². The van der Waals surface area contributed by atoms with Crippen molar-refractivity contribution in [3.63, 3.8) is 0 Å². The molecule has 0 aromatic heterocycles. The Morgan fingerprint density at radius 1 is 0.258 bits per heavy atom. The van der Waals surface area contributed by atoms with Gasteiger partial charge >= 0.3 is 6.03 Å². The number of carbonyl (C=O) groups is 4. The second kappa shape index (κ2) is 43.5. The van der Waals surface area contributed by atoms with Gasteiger partial charge in [0, 0.05) is 134 Å². The lowest BCUT2D eigenvalue weighted by Gasteiger charge is -2.35. The monoisotopic (exact) mass is 1720 g/mol. The molecule has 12 nitrogen and oxygen atoms in total. The van der Waals surface area contributed by atoms with E-state index in [0.29, 0.717) is 60.5 Å². The number of hydrogen-bond donors (Lipinski definition) is 0. The van der Waals surface area contributed by atoms with E-state index in [0.717, 1.165) is 113 Å². The van der Waals surface area contributed by atoms with Crippen LogP contribution in [0.25, 0.3) is 66.8 Å². The van der Waals surface area contributed by atoms with Crippen molar-refractivity contribution in [3.05, 3.63) is 337 Å². The molecule has 0 aliphatic carbocycles. The number of rotatable bonds is 18. The van der Waals surface area contributed by atoms with Crippen LogP contribution in [0, 0.1) is 0 Å². The Morgan fingerprint density at radius 2 is 0.516 bits per heavy atom. The van der Waals surface area contributed by atoms with E-state index in [4.69, 9.17) is 0 Å². The van der Waals surface area contributed by atoms with Crippen LogP contribution in [-0.4, -0.2) is 97.3 Å². The fraction of sp³-hybridized carbons (Fsp3) is 0.313. The van der Waals surface area contributed by atoms with E-state index in [2.05, 4.69) is 379 Å². The molecule has 13 heteroatoms. The lowest BCUT2D eigenvalue weighted by Crippen LogP contribution is -2.35. The van der Waals surface area contributed by atoms with Crippen molar-refractivity contribution in [2.24, 2.45) is 0 Å². The first-order chi connectivity index (χ1) is 61.6. The fourth-order valence-corrected chi connectivity index (χ4v) is 18.8. The number of nitrogens with zero attached hydrogens (tertiary/aromatic N) is 7. The highest BCUT2D eigenvalue weighted by Crippen LogP contribution is 2.37. The molecular formula is C115H131N7O5S. The molecule has 5 amide bonds. The van der Waals surface area contributed by atoms with Gasteiger partial charge < -0.3 is 24.5 Å². The van der Waals surface area contributed by atoms with Crippen molar-refractivity contribution in [2.45, 2.75) is 176 Å². The molecule has 662 valence electrons. The third-order valence-corrected chi connectivity index (χ3v) is 27.4. The van der Waals surface area contributed by atoms with Crippen LogP contribution in [0.2, 0.25) is 0 Å². The van der Waals surface area contributed by atoms with Crippen LogP contribution in [0.3, 0.4) is 0 Å². The standard InChI is InChI=1S/C20H23NO.C19H22N2O.C19H23NOS.2C19H21NO.C19H21N/c1-15(2)17-6-5-7-18(14-17)16-9-11-19(12-10-16)21-13-4-3-8-20(21)22;1-14(2)16-5-4-6-17(13-16)15-7-9-18(10-8-15)21-12-11-20(3)19(21)22;1-15(2)17-6-4-7-18(14-17)16-8-10-19(11-9-16)20-12-5-13-22(20,3)21;2*1-14(2)16-5-3-6-17(13-16)15-8-10-18(11-9-15)20-12-4-7-19(20)21;1-14(2)17-5-4-6-18(13-17)16-7-9-19(10-8-16)20-12-11-15(20)3/h5-7,9-12,14-15H,3-4,8,13H2,1-2H3;4-10,13-14H,11-12H2,1-3H3;4,6-11,14-15H,3,5,12-13H2,1-2H3;2*3,5-6,8-11,13-14H,4,7,12H2,1-2H3;4-10,13-14H,3,11-12H2,1-2H3. The Kier molecular flexibility index (Phi) is 31.7. The molecule has 6 heterocycles. The van der Waals surface area contributed by atoms with Gasteiger partial charge in [-0.1, -0.05) is 308 Å². The molecular weight excluding hydrogens is 1590 g/mol. The van der Waals surface area contributed by atoms with Gasteiger partial charge in [0.2, 0.25) is 17.7 Å². The number of amides is 5. The highest BCUT2D eigenvalue weighted by molar-refractivity contribution is 8.01. The summed E-state index contributed by atoms with van der Waals surface area (Å²) in [6.07, 6.45) is 8.18. The number of piperidine rings is 1. The smallest absolute Gasteiger partial charge is 0.324 e. The average molecular weight is 1720 g/mol. The molecule has 0 spiro atoms. The van der Waals surface area contributed by atoms with Gasteiger partial charge in [-0.15, -0.1) is 0 Å². The molecule has 6 fully saturated rings. The van der Waals surface area contributed by atoms with Crippen LogP contribution in [0.1, 0.15) is 210 Å². The summed E-state index contributed by atoms with van der Waals surface area (Å²) in [4.78, 5) is 59.1. The maximum Gasteiger partial charge on any atom is 0.324 e. The maximum atomic E-state index is 12.4. The largest absolute Gasteiger partial charge is 0.345 e. The van der Waals surface area contributed by atoms with Crippen LogP contribution >= 0.6 is 0 Å². The van der Waals surface area contributed by atoms with E-state index in [1.807, 2.05) is 43.1 Å². The summed E-state index contributed by atoms with van der Waals surface area (Å²) in [6.45, 7) is 36.6. The molecule has 0 radical (unpaired) electrons. The van der Waals surface area contributed by atoms with E-state index in [1.54, 1.807) is 4.90 Å². The third kappa shape index (κ3) is 23.9. The molecule has 1 unspecified atom stereocenters. The Morgan fingerprint density at radius 3 is 0.734 bits per heavy atom. The highest BCUT2D eigenvalue weighted by atomic mass is 32.2. The minimum absolute atomic E-state index is 0.0783. The number of anilines is 6. The second-order valence-electron chi connectivity index (χ2n) is 36.5. The molecule has 128 heavy (non-hydrogen) atoms. The minimum atomic E-state index is -2.10. The Balaban J connectivity index is 0.000000131. The molecule has 6 saturated heterocycles. The summed E-state index contributed by atoms with van der Waals surface area (Å²) >= 11 is 0. The molecule has 0 N–H and O–H groups in total. The normalized spacial score (nSPS) is 16.1. The Labute approximate surface area is 764 Å². The summed E-state index contributed by atoms with van der Waals surface area (Å²) in [7, 11) is -0.261. The van der Waals surface area contributed by atoms with Gasteiger partial charge in [0.25, 0.3) is 0 Å². The fourth-order valence-electron chi connectivity index (χ4n) is 17.0. The van der Waals surface area contributed by atoms with Crippen LogP contribution in [-0.2, 0) is 24.1 Å². The van der Waals surface area contributed by atoms with Crippen molar-refractivity contribution in [1.29, 1.82) is 0 Å². The Hall–Kier alpha value is -12.3. The van der Waals surface area contributed by atoms with Crippen molar-refractivity contribution < 1.29 is 23.4 Å². The first-order valence-electron chi connectivity index (χ1n) is 46.4. The van der Waals surface area contributed by atoms with Crippen LogP contribution in [0.4, 0.5) is 38.9 Å². The third-order valence-electron chi connectivity index (χ3n) is 25.3. The average Bonchev–Trinajstić information content (AvgIpc) is 1.79. The van der Waals surface area contributed by atoms with Gasteiger partial charge in [0.05, 0.1) is 0 Å². The lowest BCUT2D eigenvalue weighted by molar-refractivity contribution is -0.119. The lowest BCUT2D eigenvalue weighted by atomic mass is 9.97. The molecule has 6 aliphatic heterocycles. The first-order valence-corrected chi connectivity index (χ1v) is 48.2. The topological polar surface area (TPSA) is 108 Å². The van der Waals surface area contributed by atoms with Crippen molar-refractivity contribution in [2.75, 3.05) is 87.4 Å². The SMILES string of the molecule is C=C1CCN1c1ccc(-c2cccc(C(C)C)c2)cc1.C=S1(=O)CCCN1c1ccc(-c2cccc(C(C)C)c2)cc1.CC(C)c1cccc(-c2ccc(N3CCCC3=O)cc2)c1.CC(C)c1cccc(-c2ccc(N3CCCC3=O)cc2)c1.CC(C)c1cccc(-c2ccc(N3CCCCC3=O)cc2)c1.CC(C)c1cccc(-c2ccc(N3CCN(C)C3=O)cc2)c1. The minimum Gasteiger partial charge on any atom is -0.345 e. The first kappa shape index (κ1) is 93.3. The second-order valence-corrected chi connectivity index (χ2v) is 38.9. The Bertz CT molecular complexity index is 5660. The molecule has 12 aromatic carbocycles. The predicted octanol–water partition coefficient (Wildman–Crippen LogP) is 28.1. The number of carbonyl (C=O) groups excluding carboxylic acids is 4. The summed E-state index contributed by atoms with van der Waals surface area (Å²) in [5, 5.41) is 0. The number of hydrogen-bond acceptors (Lipinski definition) is 6. The summed E-state index contributed by atoms with van der Waals surface area (Å²) in [5.41, 5.74) is 30.4. The van der Waals surface area contributed by atoms with E-state index in [1.165, 1.54) is 112 Å². The zero-order valence-corrected chi connectivity index (χ0v) is 78.5. The zero-order chi connectivity index (χ0) is 90.7. The number of benzene rings is 12. The maximum absolute atomic E-state index is 12.4. The van der Waals surface area contributed by atoms with Gasteiger partial charge in [-0.05, 0) is 246 Å². The zero-order valence-electron chi connectivity index (χ0n) is 77.7. The number of likely N-dealkylation sites (N-methyl/N-ethyl adjacent to an activating group) is 1.